The molecule has 0 heterocycles. The van der Waals surface area contributed by atoms with E-state index in [4.69, 9.17) is 4.74 Å². The first-order valence-electron chi connectivity index (χ1n) is 15.5. The standard InChI is InChI=1S/C36H38FN3O5S/c1-27(36(42)38-29-14-5-2-6-15-29)39(25-28-13-11-12-20-34(28)37)35(41)26-40(46(43,44)33-18-9-4-10-19-33)30-21-23-32(24-22-30)45-31-16-7-3-8-17-31/h3-4,7-13,16-24,27,29H,2,5-6,14-15,25-26H2,1H3,(H,38,42)/t27-/m1/s1. The molecule has 1 saturated carbocycles. The minimum atomic E-state index is -4.23. The Morgan fingerprint density at radius 2 is 1.41 bits per heavy atom. The second kappa shape index (κ2) is 15.1. The Hall–Kier alpha value is -4.70. The van der Waals surface area contributed by atoms with Crippen molar-refractivity contribution < 1.29 is 27.1 Å². The quantitative estimate of drug-likeness (QED) is 0.186. The third-order valence-corrected chi connectivity index (χ3v) is 9.92. The van der Waals surface area contributed by atoms with Gasteiger partial charge in [-0.2, -0.15) is 0 Å². The molecule has 0 unspecified atom stereocenters. The fourth-order valence-electron chi connectivity index (χ4n) is 5.51. The highest BCUT2D eigenvalue weighted by Crippen LogP contribution is 2.29. The van der Waals surface area contributed by atoms with E-state index in [-0.39, 0.29) is 34.6 Å². The molecule has 0 saturated heterocycles. The molecule has 0 spiro atoms. The molecule has 1 fully saturated rings. The summed E-state index contributed by atoms with van der Waals surface area (Å²) in [7, 11) is -4.23. The van der Waals surface area contributed by atoms with Crippen LogP contribution in [0.1, 0.15) is 44.6 Å². The van der Waals surface area contributed by atoms with Gasteiger partial charge in [0.2, 0.25) is 11.8 Å². The number of hydrogen-bond acceptors (Lipinski definition) is 5. The molecule has 10 heteroatoms. The monoisotopic (exact) mass is 643 g/mol. The number of nitrogens with zero attached hydrogens (tertiary/aromatic N) is 2. The lowest BCUT2D eigenvalue weighted by atomic mass is 9.95. The Morgan fingerprint density at radius 1 is 0.826 bits per heavy atom. The number of rotatable bonds is 12. The molecule has 46 heavy (non-hydrogen) atoms. The average Bonchev–Trinajstić information content (AvgIpc) is 3.08. The number of hydrogen-bond donors (Lipinski definition) is 1. The van der Waals surface area contributed by atoms with Crippen LogP contribution in [0.2, 0.25) is 0 Å². The van der Waals surface area contributed by atoms with Gasteiger partial charge in [0.25, 0.3) is 10.0 Å². The number of sulfonamides is 1. The van der Waals surface area contributed by atoms with E-state index in [1.165, 1.54) is 23.1 Å². The second-order valence-electron chi connectivity index (χ2n) is 11.4. The van der Waals surface area contributed by atoms with Gasteiger partial charge < -0.3 is 15.0 Å². The first-order chi connectivity index (χ1) is 22.2. The van der Waals surface area contributed by atoms with Gasteiger partial charge in [0.15, 0.2) is 0 Å². The van der Waals surface area contributed by atoms with Gasteiger partial charge in [-0.05, 0) is 74.4 Å². The second-order valence-corrected chi connectivity index (χ2v) is 13.2. The molecule has 2 amide bonds. The lowest BCUT2D eigenvalue weighted by Crippen LogP contribution is -2.53. The lowest BCUT2D eigenvalue weighted by molar-refractivity contribution is -0.139. The van der Waals surface area contributed by atoms with Crippen molar-refractivity contribution in [3.63, 3.8) is 0 Å². The minimum Gasteiger partial charge on any atom is -0.457 e. The normalized spacial score (nSPS) is 14.2. The number of amides is 2. The highest BCUT2D eigenvalue weighted by atomic mass is 32.2. The summed E-state index contributed by atoms with van der Waals surface area (Å²) in [5, 5.41) is 3.05. The molecule has 1 atom stereocenters. The summed E-state index contributed by atoms with van der Waals surface area (Å²) in [4.78, 5) is 28.9. The summed E-state index contributed by atoms with van der Waals surface area (Å²) in [6, 6.07) is 28.4. The Balaban J connectivity index is 1.46. The van der Waals surface area contributed by atoms with Crippen LogP contribution in [-0.2, 0) is 26.2 Å². The molecule has 1 aliphatic carbocycles. The zero-order chi connectivity index (χ0) is 32.5. The highest BCUT2D eigenvalue weighted by molar-refractivity contribution is 7.92. The summed E-state index contributed by atoms with van der Waals surface area (Å²) >= 11 is 0. The molecule has 1 N–H and O–H groups in total. The maximum atomic E-state index is 14.8. The van der Waals surface area contributed by atoms with E-state index < -0.39 is 34.3 Å². The van der Waals surface area contributed by atoms with Gasteiger partial charge >= 0.3 is 0 Å². The smallest absolute Gasteiger partial charge is 0.264 e. The summed E-state index contributed by atoms with van der Waals surface area (Å²) in [5.74, 6) is -0.450. The molecule has 5 rings (SSSR count). The topological polar surface area (TPSA) is 96.0 Å². The van der Waals surface area contributed by atoms with Gasteiger partial charge in [-0.25, -0.2) is 12.8 Å². The third kappa shape index (κ3) is 8.11. The highest BCUT2D eigenvalue weighted by Gasteiger charge is 2.33. The SMILES string of the molecule is C[C@H](C(=O)NC1CCCCC1)N(Cc1ccccc1F)C(=O)CN(c1ccc(Oc2ccccc2)cc1)S(=O)(=O)c1ccccc1. The Morgan fingerprint density at radius 3 is 2.07 bits per heavy atom. The minimum absolute atomic E-state index is 0.000639. The number of ether oxygens (including phenoxy) is 1. The molecule has 4 aromatic rings. The van der Waals surface area contributed by atoms with Crippen molar-refractivity contribution in [1.29, 1.82) is 0 Å². The molecular formula is C36H38FN3O5S. The number of nitrogens with one attached hydrogen (secondary N) is 1. The number of halogens is 1. The van der Waals surface area contributed by atoms with Gasteiger partial charge in [0, 0.05) is 18.2 Å². The van der Waals surface area contributed by atoms with Crippen LogP contribution in [0.15, 0.2) is 114 Å². The van der Waals surface area contributed by atoms with Gasteiger partial charge in [0.1, 0.15) is 29.9 Å². The molecule has 4 aromatic carbocycles. The molecule has 0 radical (unpaired) electrons. The third-order valence-electron chi connectivity index (χ3n) is 8.13. The van der Waals surface area contributed by atoms with E-state index in [9.17, 15) is 22.4 Å². The summed E-state index contributed by atoms with van der Waals surface area (Å²) in [6.07, 6.45) is 4.85. The average molecular weight is 644 g/mol. The van der Waals surface area contributed by atoms with E-state index in [0.717, 1.165) is 36.4 Å². The molecule has 1 aliphatic rings. The number of benzene rings is 4. The van der Waals surface area contributed by atoms with E-state index in [1.807, 2.05) is 18.2 Å². The first kappa shape index (κ1) is 32.7. The molecule has 0 bridgehead atoms. The van der Waals surface area contributed by atoms with E-state index in [1.54, 1.807) is 79.7 Å². The van der Waals surface area contributed by atoms with Crippen LogP contribution >= 0.6 is 0 Å². The number of carbonyl (C=O) groups is 2. The van der Waals surface area contributed by atoms with Crippen LogP contribution in [0, 0.1) is 5.82 Å². The van der Waals surface area contributed by atoms with Crippen LogP contribution in [0.3, 0.4) is 0 Å². The summed E-state index contributed by atoms with van der Waals surface area (Å²) in [6.45, 7) is 0.752. The van der Waals surface area contributed by atoms with Crippen LogP contribution < -0.4 is 14.4 Å². The summed E-state index contributed by atoms with van der Waals surface area (Å²) in [5.41, 5.74) is 0.441. The Labute approximate surface area is 269 Å². The zero-order valence-corrected chi connectivity index (χ0v) is 26.5. The van der Waals surface area contributed by atoms with Crippen LogP contribution in [0.4, 0.5) is 10.1 Å². The van der Waals surface area contributed by atoms with E-state index >= 15 is 0 Å². The maximum Gasteiger partial charge on any atom is 0.264 e. The van der Waals surface area contributed by atoms with Crippen molar-refractivity contribution in [1.82, 2.24) is 10.2 Å². The number of anilines is 1. The zero-order valence-electron chi connectivity index (χ0n) is 25.7. The number of para-hydroxylation sites is 1. The number of carbonyl (C=O) groups excluding carboxylic acids is 2. The van der Waals surface area contributed by atoms with E-state index in [2.05, 4.69) is 5.32 Å². The molecule has 0 aliphatic heterocycles. The van der Waals surface area contributed by atoms with Gasteiger partial charge in [-0.15, -0.1) is 0 Å². The van der Waals surface area contributed by atoms with Crippen molar-refractivity contribution in [2.24, 2.45) is 0 Å². The lowest BCUT2D eigenvalue weighted by Gasteiger charge is -2.33. The van der Waals surface area contributed by atoms with Crippen molar-refractivity contribution in [2.75, 3.05) is 10.8 Å². The Kier molecular flexibility index (Phi) is 10.7. The first-order valence-corrected chi connectivity index (χ1v) is 16.9. The molecule has 8 nitrogen and oxygen atoms in total. The maximum absolute atomic E-state index is 14.8. The molecule has 240 valence electrons. The van der Waals surface area contributed by atoms with Gasteiger partial charge in [-0.3, -0.25) is 13.9 Å². The van der Waals surface area contributed by atoms with Crippen LogP contribution in [0.25, 0.3) is 0 Å². The summed E-state index contributed by atoms with van der Waals surface area (Å²) < 4.78 is 49.8. The van der Waals surface area contributed by atoms with Crippen LogP contribution in [0.5, 0.6) is 11.5 Å². The van der Waals surface area contributed by atoms with Gasteiger partial charge in [0.05, 0.1) is 10.6 Å². The predicted molar refractivity (Wildman–Crippen MR) is 175 cm³/mol. The fourth-order valence-corrected chi connectivity index (χ4v) is 6.95. The van der Waals surface area contributed by atoms with Crippen LogP contribution in [-0.4, -0.2) is 43.8 Å². The van der Waals surface area contributed by atoms with Gasteiger partial charge in [-0.1, -0.05) is 73.9 Å². The van der Waals surface area contributed by atoms with Crippen molar-refractivity contribution >= 4 is 27.5 Å². The fraction of sp³-hybridized carbons (Fsp3) is 0.278. The molecular weight excluding hydrogens is 605 g/mol. The van der Waals surface area contributed by atoms with Crippen molar-refractivity contribution in [3.05, 3.63) is 121 Å². The molecule has 0 aromatic heterocycles. The van der Waals surface area contributed by atoms with Crippen molar-refractivity contribution in [2.45, 2.75) is 62.6 Å². The largest absolute Gasteiger partial charge is 0.457 e. The van der Waals surface area contributed by atoms with Crippen molar-refractivity contribution in [3.8, 4) is 11.5 Å². The predicted octanol–water partition coefficient (Wildman–Crippen LogP) is 6.68. The van der Waals surface area contributed by atoms with E-state index in [0.29, 0.717) is 11.5 Å². The Bertz CT molecular complexity index is 1710.